The fraction of sp³-hybridized carbons (Fsp3) is 0.364. The van der Waals surface area contributed by atoms with Gasteiger partial charge in [-0.1, -0.05) is 24.3 Å². The van der Waals surface area contributed by atoms with Crippen LogP contribution in [0.4, 0.5) is 0 Å². The Kier molecular flexibility index (Phi) is 2.88. The van der Waals surface area contributed by atoms with E-state index in [1.807, 2.05) is 6.07 Å². The molecule has 0 amide bonds. The Morgan fingerprint density at radius 1 is 1.40 bits per heavy atom. The van der Waals surface area contributed by atoms with Crippen molar-refractivity contribution < 1.29 is 0 Å². The topological polar surface area (TPSA) is 55.3 Å². The summed E-state index contributed by atoms with van der Waals surface area (Å²) >= 11 is 4.91. The molecule has 1 aromatic carbocycles. The van der Waals surface area contributed by atoms with Gasteiger partial charge in [0.2, 0.25) is 0 Å². The van der Waals surface area contributed by atoms with Gasteiger partial charge in [-0.3, -0.25) is 5.01 Å². The van der Waals surface area contributed by atoms with Crippen molar-refractivity contribution in [3.8, 4) is 0 Å². The van der Waals surface area contributed by atoms with E-state index >= 15 is 0 Å². The highest BCUT2D eigenvalue weighted by molar-refractivity contribution is 7.80. The summed E-state index contributed by atoms with van der Waals surface area (Å²) in [6.45, 7) is 0. The molecule has 0 saturated carbocycles. The minimum Gasteiger partial charge on any atom is -0.375 e. The van der Waals surface area contributed by atoms with Crippen molar-refractivity contribution in [2.45, 2.75) is 25.3 Å². The van der Waals surface area contributed by atoms with Gasteiger partial charge in [0.05, 0.1) is 6.04 Å². The zero-order valence-electron chi connectivity index (χ0n) is 8.52. The SMILES string of the molecule is NC(=S)N(N)C1CCCc2ccccc21. The van der Waals surface area contributed by atoms with Gasteiger partial charge in [-0.2, -0.15) is 0 Å². The van der Waals surface area contributed by atoms with Crippen LogP contribution in [0.2, 0.25) is 0 Å². The molecule has 0 heterocycles. The molecule has 3 nitrogen and oxygen atoms in total. The molecule has 0 fully saturated rings. The quantitative estimate of drug-likeness (QED) is 0.428. The Morgan fingerprint density at radius 3 is 2.87 bits per heavy atom. The van der Waals surface area contributed by atoms with Crippen LogP contribution in [0, 0.1) is 0 Å². The molecule has 1 unspecified atom stereocenters. The van der Waals surface area contributed by atoms with E-state index < -0.39 is 0 Å². The van der Waals surface area contributed by atoms with Gasteiger partial charge in [-0.05, 0) is 42.6 Å². The molecular formula is C11H15N3S. The summed E-state index contributed by atoms with van der Waals surface area (Å²) < 4.78 is 0. The van der Waals surface area contributed by atoms with Crippen molar-refractivity contribution in [1.82, 2.24) is 5.01 Å². The average molecular weight is 221 g/mol. The van der Waals surface area contributed by atoms with Gasteiger partial charge < -0.3 is 5.73 Å². The maximum Gasteiger partial charge on any atom is 0.181 e. The third-order valence-electron chi connectivity index (χ3n) is 2.93. The summed E-state index contributed by atoms with van der Waals surface area (Å²) in [7, 11) is 0. The lowest BCUT2D eigenvalue weighted by molar-refractivity contribution is 0.294. The summed E-state index contributed by atoms with van der Waals surface area (Å²) in [4.78, 5) is 0. The molecular weight excluding hydrogens is 206 g/mol. The van der Waals surface area contributed by atoms with E-state index in [4.69, 9.17) is 23.8 Å². The number of hydrazine groups is 1. The van der Waals surface area contributed by atoms with Gasteiger partial charge in [0.1, 0.15) is 0 Å². The molecule has 80 valence electrons. The van der Waals surface area contributed by atoms with E-state index in [0.717, 1.165) is 19.3 Å². The Labute approximate surface area is 95.0 Å². The monoisotopic (exact) mass is 221 g/mol. The van der Waals surface area contributed by atoms with E-state index in [2.05, 4.69) is 18.2 Å². The highest BCUT2D eigenvalue weighted by Gasteiger charge is 2.24. The largest absolute Gasteiger partial charge is 0.375 e. The summed E-state index contributed by atoms with van der Waals surface area (Å²) in [5.41, 5.74) is 8.18. The maximum atomic E-state index is 5.87. The molecule has 4 N–H and O–H groups in total. The Bertz CT molecular complexity index is 378. The van der Waals surface area contributed by atoms with E-state index in [1.165, 1.54) is 16.1 Å². The number of thiocarbonyl (C=S) groups is 1. The summed E-state index contributed by atoms with van der Waals surface area (Å²) in [6, 6.07) is 8.49. The van der Waals surface area contributed by atoms with E-state index in [1.54, 1.807) is 0 Å². The lowest BCUT2D eigenvalue weighted by Crippen LogP contribution is -2.44. The number of aryl methyl sites for hydroxylation is 1. The lowest BCUT2D eigenvalue weighted by Gasteiger charge is -2.32. The second-order valence-corrected chi connectivity index (χ2v) is 4.27. The second kappa shape index (κ2) is 4.16. The summed E-state index contributed by atoms with van der Waals surface area (Å²) in [5.74, 6) is 5.87. The summed E-state index contributed by atoms with van der Waals surface area (Å²) in [5, 5.41) is 1.77. The molecule has 1 aromatic rings. The van der Waals surface area contributed by atoms with Gasteiger partial charge in [-0.15, -0.1) is 0 Å². The summed E-state index contributed by atoms with van der Waals surface area (Å²) in [6.07, 6.45) is 3.28. The number of rotatable bonds is 1. The molecule has 4 heteroatoms. The molecule has 0 aliphatic heterocycles. The second-order valence-electron chi connectivity index (χ2n) is 3.85. The van der Waals surface area contributed by atoms with Gasteiger partial charge >= 0.3 is 0 Å². The standard InChI is InChI=1S/C11H15N3S/c12-11(15)14(13)10-7-3-5-8-4-1-2-6-9(8)10/h1-2,4,6,10H,3,5,7,13H2,(H2,12,15). The van der Waals surface area contributed by atoms with Gasteiger partial charge in [0.25, 0.3) is 0 Å². The molecule has 1 aliphatic carbocycles. The van der Waals surface area contributed by atoms with Crippen molar-refractivity contribution in [1.29, 1.82) is 0 Å². The number of benzene rings is 1. The molecule has 1 atom stereocenters. The Balaban J connectivity index is 2.33. The number of nitrogens with zero attached hydrogens (tertiary/aromatic N) is 1. The number of nitrogens with two attached hydrogens (primary N) is 2. The van der Waals surface area contributed by atoms with Crippen LogP contribution in [0.25, 0.3) is 0 Å². The number of hydrogen-bond acceptors (Lipinski definition) is 2. The van der Waals surface area contributed by atoms with Crippen molar-refractivity contribution in [2.75, 3.05) is 0 Å². The number of hydrogen-bond donors (Lipinski definition) is 2. The molecule has 1 aliphatic rings. The molecule has 0 bridgehead atoms. The van der Waals surface area contributed by atoms with Crippen molar-refractivity contribution in [2.24, 2.45) is 11.6 Å². The van der Waals surface area contributed by atoms with Crippen molar-refractivity contribution in [3.05, 3.63) is 35.4 Å². The molecule has 0 radical (unpaired) electrons. The maximum absolute atomic E-state index is 5.87. The molecule has 2 rings (SSSR count). The first kappa shape index (κ1) is 10.4. The minimum absolute atomic E-state index is 0.146. The van der Waals surface area contributed by atoms with Gasteiger partial charge in [0.15, 0.2) is 5.11 Å². The van der Waals surface area contributed by atoms with Crippen LogP contribution in [0.1, 0.15) is 30.0 Å². The molecule has 0 spiro atoms. The van der Waals surface area contributed by atoms with Crippen LogP contribution in [-0.4, -0.2) is 10.1 Å². The lowest BCUT2D eigenvalue weighted by atomic mass is 9.87. The van der Waals surface area contributed by atoms with Crippen LogP contribution in [-0.2, 0) is 6.42 Å². The fourth-order valence-corrected chi connectivity index (χ4v) is 2.30. The minimum atomic E-state index is 0.146. The zero-order chi connectivity index (χ0) is 10.8. The predicted molar refractivity (Wildman–Crippen MR) is 64.9 cm³/mol. The Morgan fingerprint density at radius 2 is 2.13 bits per heavy atom. The molecule has 0 saturated heterocycles. The first-order valence-electron chi connectivity index (χ1n) is 5.11. The highest BCUT2D eigenvalue weighted by Crippen LogP contribution is 2.32. The molecule has 0 aromatic heterocycles. The molecule has 15 heavy (non-hydrogen) atoms. The Hall–Kier alpha value is -1.13. The van der Waals surface area contributed by atoms with E-state index in [9.17, 15) is 0 Å². The van der Waals surface area contributed by atoms with E-state index in [-0.39, 0.29) is 11.2 Å². The third kappa shape index (κ3) is 1.96. The van der Waals surface area contributed by atoms with Gasteiger partial charge in [0, 0.05) is 0 Å². The normalized spacial score (nSPS) is 19.4. The van der Waals surface area contributed by atoms with Crippen molar-refractivity contribution in [3.63, 3.8) is 0 Å². The first-order chi connectivity index (χ1) is 7.20. The fourth-order valence-electron chi connectivity index (χ4n) is 2.17. The van der Waals surface area contributed by atoms with Gasteiger partial charge in [-0.25, -0.2) is 5.84 Å². The van der Waals surface area contributed by atoms with Crippen LogP contribution in [0.3, 0.4) is 0 Å². The van der Waals surface area contributed by atoms with Crippen LogP contribution in [0.15, 0.2) is 24.3 Å². The van der Waals surface area contributed by atoms with Crippen LogP contribution in [0.5, 0.6) is 0 Å². The highest BCUT2D eigenvalue weighted by atomic mass is 32.1. The van der Waals surface area contributed by atoms with Crippen LogP contribution >= 0.6 is 12.2 Å². The average Bonchev–Trinajstić information content (AvgIpc) is 2.27. The smallest absolute Gasteiger partial charge is 0.181 e. The third-order valence-corrected chi connectivity index (χ3v) is 3.14. The number of fused-ring (bicyclic) bond motifs is 1. The predicted octanol–water partition coefficient (Wildman–Crippen LogP) is 1.48. The van der Waals surface area contributed by atoms with E-state index in [0.29, 0.717) is 0 Å². The zero-order valence-corrected chi connectivity index (χ0v) is 9.33. The first-order valence-corrected chi connectivity index (χ1v) is 5.52. The van der Waals surface area contributed by atoms with Crippen LogP contribution < -0.4 is 11.6 Å². The van der Waals surface area contributed by atoms with Crippen molar-refractivity contribution >= 4 is 17.3 Å².